The highest BCUT2D eigenvalue weighted by molar-refractivity contribution is 5.96. The van der Waals surface area contributed by atoms with E-state index in [1.54, 1.807) is 36.4 Å². The Morgan fingerprint density at radius 1 is 0.902 bits per heavy atom. The number of amides is 3. The molecule has 216 valence electrons. The number of carbonyl (C=O) groups is 3. The van der Waals surface area contributed by atoms with Crippen LogP contribution < -0.4 is 21.1 Å². The second-order valence-corrected chi connectivity index (χ2v) is 10.8. The quantitative estimate of drug-likeness (QED) is 0.259. The van der Waals surface area contributed by atoms with Gasteiger partial charge in [0.05, 0.1) is 18.2 Å². The summed E-state index contributed by atoms with van der Waals surface area (Å²) >= 11 is 0. The minimum Gasteiger partial charge on any atom is -0.508 e. The Morgan fingerprint density at radius 2 is 1.59 bits per heavy atom. The minimum absolute atomic E-state index is 0.119. The molecule has 1 aliphatic rings. The number of benzene rings is 3. The lowest BCUT2D eigenvalue weighted by molar-refractivity contribution is -0.128. The maximum atomic E-state index is 13.6. The number of ether oxygens (including phenoxy) is 1. The number of rotatable bonds is 12. The van der Waals surface area contributed by atoms with Gasteiger partial charge in [-0.05, 0) is 66.1 Å². The van der Waals surface area contributed by atoms with Gasteiger partial charge in [-0.2, -0.15) is 0 Å². The lowest BCUT2D eigenvalue weighted by Crippen LogP contribution is -2.48. The van der Waals surface area contributed by atoms with Crippen molar-refractivity contribution < 1.29 is 24.2 Å². The number of primary amides is 1. The van der Waals surface area contributed by atoms with Gasteiger partial charge in [0.15, 0.2) is 0 Å². The van der Waals surface area contributed by atoms with Crippen LogP contribution in [0.25, 0.3) is 0 Å². The number of hydrogen-bond acceptors (Lipinski definition) is 5. The molecule has 41 heavy (non-hydrogen) atoms. The van der Waals surface area contributed by atoms with Crippen molar-refractivity contribution in [2.75, 3.05) is 6.61 Å². The Kier molecular flexibility index (Phi) is 10.4. The molecule has 8 heteroatoms. The molecule has 4 rings (SSSR count). The highest BCUT2D eigenvalue weighted by atomic mass is 16.5. The molecule has 1 fully saturated rings. The average molecular weight is 558 g/mol. The van der Waals surface area contributed by atoms with Gasteiger partial charge in [0.25, 0.3) is 5.91 Å². The first-order chi connectivity index (χ1) is 19.8. The lowest BCUT2D eigenvalue weighted by Gasteiger charge is -2.25. The van der Waals surface area contributed by atoms with E-state index in [0.717, 1.165) is 24.0 Å². The van der Waals surface area contributed by atoms with Crippen molar-refractivity contribution in [2.45, 2.75) is 64.0 Å². The smallest absolute Gasteiger partial charge is 0.252 e. The molecule has 0 saturated heterocycles. The summed E-state index contributed by atoms with van der Waals surface area (Å²) in [5.74, 6) is -0.271. The maximum Gasteiger partial charge on any atom is 0.252 e. The van der Waals surface area contributed by atoms with Crippen LogP contribution in [0, 0.1) is 5.92 Å². The summed E-state index contributed by atoms with van der Waals surface area (Å²) in [6.45, 7) is 1.91. The van der Waals surface area contributed by atoms with Crippen LogP contribution in [0.5, 0.6) is 11.5 Å². The van der Waals surface area contributed by atoms with E-state index < -0.39 is 18.0 Å². The Labute approximate surface area is 241 Å². The summed E-state index contributed by atoms with van der Waals surface area (Å²) in [5, 5.41) is 15.5. The number of nitrogens with one attached hydrogen (secondary N) is 2. The lowest BCUT2D eigenvalue weighted by atomic mass is 9.90. The van der Waals surface area contributed by atoms with Gasteiger partial charge < -0.3 is 26.2 Å². The van der Waals surface area contributed by atoms with E-state index in [9.17, 15) is 19.5 Å². The van der Waals surface area contributed by atoms with Crippen molar-refractivity contribution in [3.8, 4) is 11.5 Å². The topological polar surface area (TPSA) is 131 Å². The van der Waals surface area contributed by atoms with E-state index in [-0.39, 0.29) is 29.5 Å². The van der Waals surface area contributed by atoms with Crippen molar-refractivity contribution >= 4 is 17.7 Å². The minimum atomic E-state index is -0.843. The van der Waals surface area contributed by atoms with Crippen molar-refractivity contribution in [1.82, 2.24) is 10.6 Å². The average Bonchev–Trinajstić information content (AvgIpc) is 2.97. The molecule has 1 unspecified atom stereocenters. The molecule has 8 nitrogen and oxygen atoms in total. The van der Waals surface area contributed by atoms with Gasteiger partial charge in [0.1, 0.15) is 17.5 Å². The summed E-state index contributed by atoms with van der Waals surface area (Å²) in [5.41, 5.74) is 8.52. The summed E-state index contributed by atoms with van der Waals surface area (Å²) in [6, 6.07) is 20.2. The first kappa shape index (κ1) is 29.6. The molecular weight excluding hydrogens is 518 g/mol. The number of aromatic hydroxyl groups is 1. The summed E-state index contributed by atoms with van der Waals surface area (Å²) in [6.07, 6.45) is 6.59. The fourth-order valence-corrected chi connectivity index (χ4v) is 5.34. The van der Waals surface area contributed by atoms with Crippen LogP contribution in [0.4, 0.5) is 0 Å². The predicted molar refractivity (Wildman–Crippen MR) is 157 cm³/mol. The fraction of sp³-hybridized carbons (Fsp3) is 0.364. The third kappa shape index (κ3) is 8.83. The zero-order valence-electron chi connectivity index (χ0n) is 23.5. The second kappa shape index (κ2) is 14.3. The van der Waals surface area contributed by atoms with Gasteiger partial charge >= 0.3 is 0 Å². The second-order valence-electron chi connectivity index (χ2n) is 10.8. The van der Waals surface area contributed by atoms with Crippen molar-refractivity contribution in [3.63, 3.8) is 0 Å². The van der Waals surface area contributed by atoms with E-state index in [0.29, 0.717) is 30.3 Å². The zero-order chi connectivity index (χ0) is 29.2. The van der Waals surface area contributed by atoms with E-state index in [4.69, 9.17) is 10.5 Å². The van der Waals surface area contributed by atoms with E-state index in [1.165, 1.54) is 26.2 Å². The maximum absolute atomic E-state index is 13.6. The molecule has 0 aliphatic heterocycles. The Hall–Kier alpha value is -4.33. The van der Waals surface area contributed by atoms with Gasteiger partial charge in [-0.15, -0.1) is 0 Å². The van der Waals surface area contributed by atoms with Gasteiger partial charge in [0.2, 0.25) is 11.8 Å². The molecular formula is C33H39N3O5. The Morgan fingerprint density at radius 3 is 2.24 bits per heavy atom. The van der Waals surface area contributed by atoms with E-state index >= 15 is 0 Å². The van der Waals surface area contributed by atoms with Crippen molar-refractivity contribution in [1.29, 1.82) is 0 Å². The molecule has 3 aromatic rings. The van der Waals surface area contributed by atoms with Crippen molar-refractivity contribution in [2.24, 2.45) is 11.7 Å². The molecule has 5 N–H and O–H groups in total. The predicted octanol–water partition coefficient (Wildman–Crippen LogP) is 4.60. The number of nitrogens with two attached hydrogens (primary N) is 1. The van der Waals surface area contributed by atoms with Gasteiger partial charge in [-0.3, -0.25) is 14.4 Å². The number of carbonyl (C=O) groups excluding carboxylic acids is 3. The van der Waals surface area contributed by atoms with Crippen LogP contribution in [0.2, 0.25) is 0 Å². The van der Waals surface area contributed by atoms with Crippen LogP contribution in [-0.4, -0.2) is 35.5 Å². The van der Waals surface area contributed by atoms with Gasteiger partial charge in [0, 0.05) is 13.3 Å². The SMILES string of the molecule is CC(=O)N[C@@H](Cc1ccc(O)cc1)C(=O)NC(Cc1ccccc1)c1ccc(OCC2CCCCC2)c(C(N)=O)c1. The largest absolute Gasteiger partial charge is 0.508 e. The molecule has 3 amide bonds. The van der Waals surface area contributed by atoms with Gasteiger partial charge in [-0.1, -0.05) is 67.8 Å². The van der Waals surface area contributed by atoms with Crippen LogP contribution in [0.1, 0.15) is 72.1 Å². The van der Waals surface area contributed by atoms with Gasteiger partial charge in [-0.25, -0.2) is 0 Å². The Bertz CT molecular complexity index is 1320. The summed E-state index contributed by atoms with van der Waals surface area (Å²) in [7, 11) is 0. The van der Waals surface area contributed by atoms with Crippen LogP contribution in [0.15, 0.2) is 72.8 Å². The molecule has 2 atom stereocenters. The number of phenolic OH excluding ortho intramolecular Hbond substituents is 1. The molecule has 3 aromatic carbocycles. The normalized spacial score (nSPS) is 15.0. The molecule has 0 spiro atoms. The molecule has 0 heterocycles. The standard InChI is InChI=1S/C33H39N3O5/c1-22(37)35-30(19-24-12-15-27(38)16-13-24)33(40)36-29(18-23-8-4-2-5-9-23)26-14-17-31(28(20-26)32(34)39)41-21-25-10-6-3-7-11-25/h2,4-5,8-9,12-17,20,25,29-30,38H,3,6-7,10-11,18-19,21H2,1H3,(H2,34,39)(H,35,37)(H,36,40)/t29?,30-/m0/s1. The summed E-state index contributed by atoms with van der Waals surface area (Å²) in [4.78, 5) is 38.1. The first-order valence-electron chi connectivity index (χ1n) is 14.2. The molecule has 1 saturated carbocycles. The van der Waals surface area contributed by atoms with Crippen molar-refractivity contribution in [3.05, 3.63) is 95.1 Å². The highest BCUT2D eigenvalue weighted by Crippen LogP contribution is 2.29. The highest BCUT2D eigenvalue weighted by Gasteiger charge is 2.25. The molecule has 1 aliphatic carbocycles. The molecule has 0 radical (unpaired) electrons. The monoisotopic (exact) mass is 557 g/mol. The van der Waals surface area contributed by atoms with Crippen LogP contribution in [0.3, 0.4) is 0 Å². The Balaban J connectivity index is 1.58. The number of phenols is 1. The zero-order valence-corrected chi connectivity index (χ0v) is 23.5. The fourth-order valence-electron chi connectivity index (χ4n) is 5.34. The third-order valence-electron chi connectivity index (χ3n) is 7.54. The van der Waals surface area contributed by atoms with E-state index in [2.05, 4.69) is 10.6 Å². The van der Waals surface area contributed by atoms with Crippen LogP contribution >= 0.6 is 0 Å². The number of hydrogen-bond donors (Lipinski definition) is 4. The first-order valence-corrected chi connectivity index (χ1v) is 14.2. The molecule has 0 aromatic heterocycles. The third-order valence-corrected chi connectivity index (χ3v) is 7.54. The molecule has 0 bridgehead atoms. The van der Waals surface area contributed by atoms with E-state index in [1.807, 2.05) is 36.4 Å². The summed E-state index contributed by atoms with van der Waals surface area (Å²) < 4.78 is 6.08. The van der Waals surface area contributed by atoms with Crippen LogP contribution in [-0.2, 0) is 22.4 Å².